The van der Waals surface area contributed by atoms with Gasteiger partial charge in [-0.1, -0.05) is 6.07 Å². The summed E-state index contributed by atoms with van der Waals surface area (Å²) in [6.07, 6.45) is 1.64. The third-order valence-corrected chi connectivity index (χ3v) is 1.36. The van der Waals surface area contributed by atoms with E-state index in [1.54, 1.807) is 6.26 Å². The molecule has 0 bridgehead atoms. The maximum atomic E-state index is 8.23. The van der Waals surface area contributed by atoms with Crippen molar-refractivity contribution in [2.24, 2.45) is 0 Å². The minimum atomic E-state index is 0.616. The first-order chi connectivity index (χ1) is 5.22. The molecule has 0 unspecified atom stereocenters. The highest BCUT2D eigenvalue weighted by Crippen LogP contribution is 2.15. The second-order valence-corrected chi connectivity index (χ2v) is 2.52. The van der Waals surface area contributed by atoms with Crippen LogP contribution in [0, 0.1) is 25.4 Å². The molecule has 1 rings (SSSR count). The zero-order valence-corrected chi connectivity index (χ0v) is 6.59. The number of ether oxygens (including phenoxy) is 1. The van der Waals surface area contributed by atoms with Gasteiger partial charge in [0.1, 0.15) is 5.75 Å². The van der Waals surface area contributed by atoms with Gasteiger partial charge in [-0.15, -0.1) is 5.26 Å². The molecule has 2 nitrogen and oxygen atoms in total. The quantitative estimate of drug-likeness (QED) is 0.570. The first kappa shape index (κ1) is 7.62. The molecule has 0 saturated carbocycles. The normalized spacial score (nSPS) is 8.82. The van der Waals surface area contributed by atoms with Crippen LogP contribution in [-0.2, 0) is 0 Å². The van der Waals surface area contributed by atoms with Gasteiger partial charge in [-0.3, -0.25) is 0 Å². The molecule has 0 fully saturated rings. The van der Waals surface area contributed by atoms with Gasteiger partial charge in [0, 0.05) is 0 Å². The Morgan fingerprint density at radius 1 is 1.18 bits per heavy atom. The Kier molecular flexibility index (Phi) is 2.12. The topological polar surface area (TPSA) is 33.0 Å². The summed E-state index contributed by atoms with van der Waals surface area (Å²) in [6, 6.07) is 5.69. The first-order valence-electron chi connectivity index (χ1n) is 3.36. The molecular weight excluding hydrogens is 138 g/mol. The summed E-state index contributed by atoms with van der Waals surface area (Å²) in [5.74, 6) is 0.616. The predicted molar refractivity (Wildman–Crippen MR) is 42.2 cm³/mol. The molecule has 2 heteroatoms. The SMILES string of the molecule is Cc1cc(C)cc(OC#N)c1. The standard InChI is InChI=1S/C9H9NO/c1-7-3-8(2)5-9(4-7)11-6-10/h3-5H,1-2H3. The summed E-state index contributed by atoms with van der Waals surface area (Å²) in [4.78, 5) is 0. The van der Waals surface area contributed by atoms with Gasteiger partial charge in [0.2, 0.25) is 0 Å². The van der Waals surface area contributed by atoms with E-state index in [9.17, 15) is 0 Å². The monoisotopic (exact) mass is 147 g/mol. The number of aryl methyl sites for hydroxylation is 2. The molecule has 0 N–H and O–H groups in total. The van der Waals surface area contributed by atoms with Crippen LogP contribution in [0.4, 0.5) is 0 Å². The maximum absolute atomic E-state index is 8.23. The molecule has 0 saturated heterocycles. The van der Waals surface area contributed by atoms with Crippen LogP contribution in [0.1, 0.15) is 11.1 Å². The number of nitrogens with zero attached hydrogens (tertiary/aromatic N) is 1. The molecule has 0 aliphatic carbocycles. The van der Waals surface area contributed by atoms with Crippen LogP contribution < -0.4 is 4.74 Å². The smallest absolute Gasteiger partial charge is 0.292 e. The molecule has 0 spiro atoms. The fraction of sp³-hybridized carbons (Fsp3) is 0.222. The van der Waals surface area contributed by atoms with Gasteiger partial charge in [0.25, 0.3) is 6.26 Å². The lowest BCUT2D eigenvalue weighted by Gasteiger charge is -1.99. The van der Waals surface area contributed by atoms with Crippen molar-refractivity contribution in [1.29, 1.82) is 5.26 Å². The third kappa shape index (κ3) is 1.98. The summed E-state index contributed by atoms with van der Waals surface area (Å²) >= 11 is 0. The van der Waals surface area contributed by atoms with Gasteiger partial charge in [0.05, 0.1) is 0 Å². The number of benzene rings is 1. The summed E-state index contributed by atoms with van der Waals surface area (Å²) in [6.45, 7) is 3.94. The minimum absolute atomic E-state index is 0.616. The molecule has 0 aliphatic heterocycles. The van der Waals surface area contributed by atoms with Crippen molar-refractivity contribution in [3.63, 3.8) is 0 Å². The molecule has 1 aromatic rings. The molecule has 0 aliphatic rings. The Hall–Kier alpha value is -1.49. The third-order valence-electron chi connectivity index (χ3n) is 1.36. The Bertz CT molecular complexity index is 279. The number of nitriles is 1. The highest BCUT2D eigenvalue weighted by atomic mass is 16.5. The van der Waals surface area contributed by atoms with E-state index in [0.29, 0.717) is 5.75 Å². The highest BCUT2D eigenvalue weighted by molar-refractivity contribution is 5.33. The highest BCUT2D eigenvalue weighted by Gasteiger charge is 1.94. The van der Waals surface area contributed by atoms with Crippen molar-refractivity contribution in [3.8, 4) is 12.0 Å². The Morgan fingerprint density at radius 3 is 2.18 bits per heavy atom. The van der Waals surface area contributed by atoms with E-state index in [1.807, 2.05) is 32.0 Å². The average Bonchev–Trinajstić information content (AvgIpc) is 1.85. The molecule has 11 heavy (non-hydrogen) atoms. The molecule has 0 radical (unpaired) electrons. The summed E-state index contributed by atoms with van der Waals surface area (Å²) in [7, 11) is 0. The number of hydrogen-bond acceptors (Lipinski definition) is 2. The van der Waals surface area contributed by atoms with Crippen LogP contribution in [0.2, 0.25) is 0 Å². The second kappa shape index (κ2) is 3.07. The largest absolute Gasteiger partial charge is 0.388 e. The molecule has 0 aromatic heterocycles. The van der Waals surface area contributed by atoms with E-state index in [0.717, 1.165) is 11.1 Å². The van der Waals surface area contributed by atoms with Crippen molar-refractivity contribution in [1.82, 2.24) is 0 Å². The maximum Gasteiger partial charge on any atom is 0.292 e. The fourth-order valence-corrected chi connectivity index (χ4v) is 1.04. The van der Waals surface area contributed by atoms with E-state index in [4.69, 9.17) is 5.26 Å². The van der Waals surface area contributed by atoms with Crippen molar-refractivity contribution < 1.29 is 4.74 Å². The number of hydrogen-bond donors (Lipinski definition) is 0. The molecule has 56 valence electrons. The Morgan fingerprint density at radius 2 is 1.73 bits per heavy atom. The van der Waals surface area contributed by atoms with E-state index in [1.165, 1.54) is 0 Å². The van der Waals surface area contributed by atoms with Crippen molar-refractivity contribution in [2.75, 3.05) is 0 Å². The molecule has 0 amide bonds. The lowest BCUT2D eigenvalue weighted by molar-refractivity contribution is 0.506. The molecule has 0 atom stereocenters. The molecular formula is C9H9NO. The van der Waals surface area contributed by atoms with Gasteiger partial charge in [0.15, 0.2) is 0 Å². The molecule has 1 aromatic carbocycles. The first-order valence-corrected chi connectivity index (χ1v) is 3.36. The Balaban J connectivity index is 3.01. The molecule has 0 heterocycles. The van der Waals surface area contributed by atoms with E-state index < -0.39 is 0 Å². The van der Waals surface area contributed by atoms with Gasteiger partial charge < -0.3 is 4.74 Å². The second-order valence-electron chi connectivity index (χ2n) is 2.52. The lowest BCUT2D eigenvalue weighted by Crippen LogP contribution is -1.84. The minimum Gasteiger partial charge on any atom is -0.388 e. The summed E-state index contributed by atoms with van der Waals surface area (Å²) in [5, 5.41) is 8.23. The van der Waals surface area contributed by atoms with Crippen molar-refractivity contribution >= 4 is 0 Å². The van der Waals surface area contributed by atoms with Crippen LogP contribution >= 0.6 is 0 Å². The van der Waals surface area contributed by atoms with E-state index in [2.05, 4.69) is 4.74 Å². The van der Waals surface area contributed by atoms with Crippen molar-refractivity contribution in [3.05, 3.63) is 29.3 Å². The van der Waals surface area contributed by atoms with E-state index >= 15 is 0 Å². The summed E-state index contributed by atoms with van der Waals surface area (Å²) < 4.78 is 4.67. The predicted octanol–water partition coefficient (Wildman–Crippen LogP) is 2.16. The Labute approximate surface area is 66.0 Å². The van der Waals surface area contributed by atoms with Gasteiger partial charge in [-0.05, 0) is 37.1 Å². The van der Waals surface area contributed by atoms with Gasteiger partial charge in [-0.25, -0.2) is 0 Å². The van der Waals surface area contributed by atoms with Crippen LogP contribution in [0.3, 0.4) is 0 Å². The van der Waals surface area contributed by atoms with Crippen LogP contribution in [-0.4, -0.2) is 0 Å². The van der Waals surface area contributed by atoms with Crippen LogP contribution in [0.15, 0.2) is 18.2 Å². The zero-order valence-electron chi connectivity index (χ0n) is 6.59. The lowest BCUT2D eigenvalue weighted by atomic mass is 10.1. The van der Waals surface area contributed by atoms with Gasteiger partial charge >= 0.3 is 0 Å². The fourth-order valence-electron chi connectivity index (χ4n) is 1.04. The van der Waals surface area contributed by atoms with Crippen LogP contribution in [0.25, 0.3) is 0 Å². The zero-order chi connectivity index (χ0) is 8.27. The van der Waals surface area contributed by atoms with Crippen molar-refractivity contribution in [2.45, 2.75) is 13.8 Å². The average molecular weight is 147 g/mol. The summed E-state index contributed by atoms with van der Waals surface area (Å²) in [5.41, 5.74) is 2.21. The van der Waals surface area contributed by atoms with Crippen LogP contribution in [0.5, 0.6) is 5.75 Å². The number of rotatable bonds is 1. The van der Waals surface area contributed by atoms with Gasteiger partial charge in [-0.2, -0.15) is 0 Å². The van der Waals surface area contributed by atoms with E-state index in [-0.39, 0.29) is 0 Å².